The van der Waals surface area contributed by atoms with E-state index in [9.17, 15) is 13.2 Å². The molecule has 0 aromatic carbocycles. The number of amides is 1. The van der Waals surface area contributed by atoms with Gasteiger partial charge in [0.25, 0.3) is 16.1 Å². The highest BCUT2D eigenvalue weighted by Crippen LogP contribution is 2.29. The van der Waals surface area contributed by atoms with Gasteiger partial charge in [0.1, 0.15) is 5.69 Å². The molecule has 1 unspecified atom stereocenters. The van der Waals surface area contributed by atoms with Crippen LogP contribution in [0, 0.1) is 0 Å². The molecule has 0 aliphatic carbocycles. The Kier molecular flexibility index (Phi) is 5.17. The molecule has 2 aliphatic rings. The Balaban J connectivity index is 1.84. The maximum atomic E-state index is 12.6. The van der Waals surface area contributed by atoms with Gasteiger partial charge in [-0.05, 0) is 32.3 Å². The largest absolute Gasteiger partial charge is 0.338 e. The van der Waals surface area contributed by atoms with Crippen LogP contribution in [-0.4, -0.2) is 77.9 Å². The van der Waals surface area contributed by atoms with E-state index in [1.807, 2.05) is 17.9 Å². The van der Waals surface area contributed by atoms with Crippen LogP contribution in [0.2, 0.25) is 0 Å². The van der Waals surface area contributed by atoms with Gasteiger partial charge in [0.15, 0.2) is 0 Å². The molecule has 2 aliphatic heterocycles. The zero-order valence-electron chi connectivity index (χ0n) is 15.2. The van der Waals surface area contributed by atoms with E-state index in [4.69, 9.17) is 0 Å². The van der Waals surface area contributed by atoms with Crippen molar-refractivity contribution in [2.45, 2.75) is 38.6 Å². The lowest BCUT2D eigenvalue weighted by atomic mass is 9.96. The van der Waals surface area contributed by atoms with Crippen LogP contribution in [0.3, 0.4) is 0 Å². The summed E-state index contributed by atoms with van der Waals surface area (Å²) in [7, 11) is -0.313. The first kappa shape index (κ1) is 18.3. The number of fused-ring (bicyclic) bond motifs is 1. The highest BCUT2D eigenvalue weighted by atomic mass is 32.2. The lowest BCUT2D eigenvalue weighted by Crippen LogP contribution is -2.44. The number of rotatable bonds is 4. The van der Waals surface area contributed by atoms with Gasteiger partial charge in [0, 0.05) is 52.7 Å². The quantitative estimate of drug-likeness (QED) is 0.784. The van der Waals surface area contributed by atoms with Crippen molar-refractivity contribution in [1.29, 1.82) is 0 Å². The van der Waals surface area contributed by atoms with E-state index in [0.717, 1.165) is 38.0 Å². The van der Waals surface area contributed by atoms with Crippen LogP contribution in [0.25, 0.3) is 0 Å². The fourth-order valence-electron chi connectivity index (χ4n) is 3.58. The average molecular weight is 369 g/mol. The minimum atomic E-state index is -3.42. The Labute approximate surface area is 149 Å². The van der Waals surface area contributed by atoms with Gasteiger partial charge in [-0.25, -0.2) is 0 Å². The summed E-state index contributed by atoms with van der Waals surface area (Å²) in [5.74, 6) is 0.0538. The molecular formula is C16H27N5O3S. The van der Waals surface area contributed by atoms with Gasteiger partial charge in [0.2, 0.25) is 0 Å². The third-order valence-electron chi connectivity index (χ3n) is 5.07. The predicted octanol–water partition coefficient (Wildman–Crippen LogP) is 0.735. The van der Waals surface area contributed by atoms with E-state index >= 15 is 0 Å². The number of nitrogens with zero attached hydrogens (tertiary/aromatic N) is 5. The van der Waals surface area contributed by atoms with Gasteiger partial charge in [-0.15, -0.1) is 0 Å². The number of piperidine rings is 1. The number of aryl methyl sites for hydroxylation is 1. The Morgan fingerprint density at radius 1 is 1.24 bits per heavy atom. The molecule has 1 amide bonds. The van der Waals surface area contributed by atoms with Crippen LogP contribution < -0.4 is 0 Å². The van der Waals surface area contributed by atoms with E-state index < -0.39 is 10.2 Å². The highest BCUT2D eigenvalue weighted by molar-refractivity contribution is 7.86. The Morgan fingerprint density at radius 2 is 2.00 bits per heavy atom. The second-order valence-corrected chi connectivity index (χ2v) is 9.05. The lowest BCUT2D eigenvalue weighted by molar-refractivity contribution is 0.0766. The minimum absolute atomic E-state index is 0.0207. The molecule has 0 saturated carbocycles. The van der Waals surface area contributed by atoms with Crippen molar-refractivity contribution in [3.05, 3.63) is 17.5 Å². The van der Waals surface area contributed by atoms with Gasteiger partial charge >= 0.3 is 0 Å². The van der Waals surface area contributed by atoms with Gasteiger partial charge in [-0.2, -0.15) is 22.1 Å². The summed E-state index contributed by atoms with van der Waals surface area (Å²) in [5, 5.41) is 4.65. The maximum absolute atomic E-state index is 12.6. The fourth-order valence-corrected chi connectivity index (χ4v) is 4.77. The predicted molar refractivity (Wildman–Crippen MR) is 94.6 cm³/mol. The van der Waals surface area contributed by atoms with Crippen molar-refractivity contribution >= 4 is 16.1 Å². The number of carbonyl (C=O) groups is 1. The standard InChI is InChI=1S/C16H27N5O3S/c1-4-19-8-6-10-21-15(16(19)22)11-14(17-21)13-7-5-9-20(12-13)25(23,24)18(2)3/h11,13H,4-10,12H2,1-3H3. The lowest BCUT2D eigenvalue weighted by Gasteiger charge is -2.32. The van der Waals surface area contributed by atoms with E-state index in [1.165, 1.54) is 8.61 Å². The first-order chi connectivity index (χ1) is 11.8. The van der Waals surface area contributed by atoms with Gasteiger partial charge in [-0.1, -0.05) is 0 Å². The molecule has 0 radical (unpaired) electrons. The topological polar surface area (TPSA) is 78.8 Å². The molecular weight excluding hydrogens is 342 g/mol. The summed E-state index contributed by atoms with van der Waals surface area (Å²) in [6.45, 7) is 5.11. The van der Waals surface area contributed by atoms with Crippen LogP contribution in [0.15, 0.2) is 6.07 Å². The van der Waals surface area contributed by atoms with E-state index in [2.05, 4.69) is 5.10 Å². The molecule has 0 bridgehead atoms. The summed E-state index contributed by atoms with van der Waals surface area (Å²) in [5.41, 5.74) is 1.46. The SMILES string of the molecule is CCN1CCCn2nc(C3CCCN(S(=O)(=O)N(C)C)C3)cc2C1=O. The number of carbonyl (C=O) groups excluding carboxylic acids is 1. The summed E-state index contributed by atoms with van der Waals surface area (Å²) in [6.07, 6.45) is 2.58. The minimum Gasteiger partial charge on any atom is -0.338 e. The monoisotopic (exact) mass is 369 g/mol. The molecule has 8 nitrogen and oxygen atoms in total. The average Bonchev–Trinajstić information content (AvgIpc) is 2.96. The Morgan fingerprint density at radius 3 is 2.68 bits per heavy atom. The van der Waals surface area contributed by atoms with Crippen molar-refractivity contribution in [2.24, 2.45) is 0 Å². The second kappa shape index (κ2) is 7.05. The summed E-state index contributed by atoms with van der Waals surface area (Å²) in [6, 6.07) is 1.87. The van der Waals surface area contributed by atoms with Gasteiger partial charge < -0.3 is 4.90 Å². The third kappa shape index (κ3) is 3.45. The van der Waals surface area contributed by atoms with E-state index in [0.29, 0.717) is 25.3 Å². The van der Waals surface area contributed by atoms with Crippen molar-refractivity contribution in [3.8, 4) is 0 Å². The molecule has 0 spiro atoms. The molecule has 1 saturated heterocycles. The molecule has 1 atom stereocenters. The molecule has 25 heavy (non-hydrogen) atoms. The smallest absolute Gasteiger partial charge is 0.281 e. The Bertz CT molecular complexity index is 743. The normalized spacial score (nSPS) is 23.0. The molecule has 3 rings (SSSR count). The van der Waals surface area contributed by atoms with Crippen molar-refractivity contribution < 1.29 is 13.2 Å². The fraction of sp³-hybridized carbons (Fsp3) is 0.750. The summed E-state index contributed by atoms with van der Waals surface area (Å²) >= 11 is 0. The molecule has 1 aromatic heterocycles. The van der Waals surface area contributed by atoms with Gasteiger partial charge in [0.05, 0.1) is 5.69 Å². The Hall–Kier alpha value is -1.45. The van der Waals surface area contributed by atoms with Crippen LogP contribution in [0.5, 0.6) is 0 Å². The maximum Gasteiger partial charge on any atom is 0.281 e. The molecule has 3 heterocycles. The zero-order chi connectivity index (χ0) is 18.2. The van der Waals surface area contributed by atoms with Crippen molar-refractivity contribution in [1.82, 2.24) is 23.3 Å². The van der Waals surface area contributed by atoms with E-state index in [1.54, 1.807) is 18.8 Å². The highest BCUT2D eigenvalue weighted by Gasteiger charge is 2.33. The number of aromatic nitrogens is 2. The van der Waals surface area contributed by atoms with Crippen LogP contribution in [0.1, 0.15) is 48.3 Å². The molecule has 9 heteroatoms. The molecule has 1 aromatic rings. The summed E-state index contributed by atoms with van der Waals surface area (Å²) < 4.78 is 29.4. The van der Waals surface area contributed by atoms with Crippen LogP contribution in [0.4, 0.5) is 0 Å². The van der Waals surface area contributed by atoms with Crippen LogP contribution in [-0.2, 0) is 16.8 Å². The molecule has 1 fully saturated rings. The first-order valence-corrected chi connectivity index (χ1v) is 10.3. The molecule has 140 valence electrons. The van der Waals surface area contributed by atoms with E-state index in [-0.39, 0.29) is 11.8 Å². The summed E-state index contributed by atoms with van der Waals surface area (Å²) in [4.78, 5) is 14.5. The number of hydrogen-bond acceptors (Lipinski definition) is 4. The zero-order valence-corrected chi connectivity index (χ0v) is 16.0. The first-order valence-electron chi connectivity index (χ1n) is 8.89. The van der Waals surface area contributed by atoms with Gasteiger partial charge in [-0.3, -0.25) is 9.48 Å². The van der Waals surface area contributed by atoms with Crippen molar-refractivity contribution in [2.75, 3.05) is 40.3 Å². The van der Waals surface area contributed by atoms with Crippen LogP contribution >= 0.6 is 0 Å². The third-order valence-corrected chi connectivity index (χ3v) is 6.98. The molecule has 0 N–H and O–H groups in total. The number of hydrogen-bond donors (Lipinski definition) is 0. The second-order valence-electron chi connectivity index (χ2n) is 6.90. The van der Waals surface area contributed by atoms with Crippen molar-refractivity contribution in [3.63, 3.8) is 0 Å².